The van der Waals surface area contributed by atoms with E-state index in [0.29, 0.717) is 6.54 Å². The summed E-state index contributed by atoms with van der Waals surface area (Å²) < 4.78 is 10.6. The summed E-state index contributed by atoms with van der Waals surface area (Å²) in [5.74, 6) is 2.23. The molecule has 2 rings (SSSR count). The topological polar surface area (TPSA) is 67.8 Å². The van der Waals surface area contributed by atoms with Gasteiger partial charge in [0, 0.05) is 19.8 Å². The van der Waals surface area contributed by atoms with Gasteiger partial charge in [0.15, 0.2) is 17.5 Å². The summed E-state index contributed by atoms with van der Waals surface area (Å²) in [4.78, 5) is 8.49. The molecule has 1 heterocycles. The van der Waals surface area contributed by atoms with Crippen molar-refractivity contribution in [2.24, 2.45) is 4.99 Å². The van der Waals surface area contributed by atoms with Crippen LogP contribution in [0, 0.1) is 0 Å². The third-order valence-electron chi connectivity index (χ3n) is 3.54. The molecule has 0 aliphatic carbocycles. The first-order valence-electron chi connectivity index (χ1n) is 7.82. The van der Waals surface area contributed by atoms with E-state index in [9.17, 15) is 0 Å². The normalized spacial score (nSPS) is 10.6. The number of benzene rings is 1. The van der Waals surface area contributed by atoms with Crippen molar-refractivity contribution in [2.75, 3.05) is 27.8 Å². The molecule has 0 saturated heterocycles. The lowest BCUT2D eigenvalue weighted by Crippen LogP contribution is -2.38. The smallest absolute Gasteiger partial charge is 0.191 e. The predicted molar refractivity (Wildman–Crippen MR) is 111 cm³/mol. The predicted octanol–water partition coefficient (Wildman–Crippen LogP) is 2.62. The number of nitrogens with one attached hydrogen (secondary N) is 2. The Balaban J connectivity index is 0.00000312. The Labute approximate surface area is 166 Å². The van der Waals surface area contributed by atoms with Gasteiger partial charge in [0.25, 0.3) is 0 Å². The molecule has 7 heteroatoms. The Kier molecular flexibility index (Phi) is 9.68. The summed E-state index contributed by atoms with van der Waals surface area (Å²) in [5, 5.41) is 6.54. The summed E-state index contributed by atoms with van der Waals surface area (Å²) in [7, 11) is 5.03. The van der Waals surface area contributed by atoms with Crippen LogP contribution in [-0.2, 0) is 13.0 Å². The van der Waals surface area contributed by atoms with Gasteiger partial charge in [-0.3, -0.25) is 9.98 Å². The van der Waals surface area contributed by atoms with E-state index in [1.807, 2.05) is 36.4 Å². The van der Waals surface area contributed by atoms with E-state index in [0.717, 1.165) is 36.1 Å². The summed E-state index contributed by atoms with van der Waals surface area (Å²) in [6.45, 7) is 1.40. The maximum Gasteiger partial charge on any atom is 0.191 e. The Morgan fingerprint density at radius 1 is 1.08 bits per heavy atom. The average Bonchev–Trinajstić information content (AvgIpc) is 2.65. The van der Waals surface area contributed by atoms with Gasteiger partial charge in [0.2, 0.25) is 0 Å². The first-order valence-corrected chi connectivity index (χ1v) is 7.82. The fraction of sp³-hybridized carbons (Fsp3) is 0.333. The van der Waals surface area contributed by atoms with Gasteiger partial charge >= 0.3 is 0 Å². The van der Waals surface area contributed by atoms with E-state index < -0.39 is 0 Å². The molecule has 0 radical (unpaired) electrons. The van der Waals surface area contributed by atoms with Crippen molar-refractivity contribution < 1.29 is 9.47 Å². The van der Waals surface area contributed by atoms with Gasteiger partial charge in [-0.1, -0.05) is 12.1 Å². The molecule has 0 atom stereocenters. The van der Waals surface area contributed by atoms with Crippen LogP contribution in [0.15, 0.2) is 47.6 Å². The first-order chi connectivity index (χ1) is 11.8. The van der Waals surface area contributed by atoms with Crippen molar-refractivity contribution >= 4 is 29.9 Å². The van der Waals surface area contributed by atoms with E-state index in [-0.39, 0.29) is 24.0 Å². The molecule has 136 valence electrons. The molecule has 0 aliphatic heterocycles. The minimum Gasteiger partial charge on any atom is -0.493 e. The maximum atomic E-state index is 5.32. The molecule has 25 heavy (non-hydrogen) atoms. The van der Waals surface area contributed by atoms with E-state index in [4.69, 9.17) is 9.47 Å². The molecule has 0 bridgehead atoms. The van der Waals surface area contributed by atoms with Gasteiger partial charge in [-0.25, -0.2) is 0 Å². The lowest BCUT2D eigenvalue weighted by atomic mass is 10.1. The van der Waals surface area contributed by atoms with Crippen LogP contribution < -0.4 is 20.1 Å². The molecule has 0 saturated carbocycles. The molecule has 0 unspecified atom stereocenters. The van der Waals surface area contributed by atoms with Gasteiger partial charge in [-0.05, 0) is 36.2 Å². The Hall–Kier alpha value is -2.03. The number of aliphatic imine (C=N–C) groups is 1. The van der Waals surface area contributed by atoms with Gasteiger partial charge in [-0.15, -0.1) is 24.0 Å². The SMILES string of the molecule is CN=C(NCCc1ccc(OC)c(OC)c1)NCc1ccccn1.I. The molecule has 6 nitrogen and oxygen atoms in total. The quantitative estimate of drug-likeness (QED) is 0.381. The molecule has 0 amide bonds. The monoisotopic (exact) mass is 456 g/mol. The van der Waals surface area contributed by atoms with Crippen molar-refractivity contribution in [3.63, 3.8) is 0 Å². The van der Waals surface area contributed by atoms with Gasteiger partial charge < -0.3 is 20.1 Å². The van der Waals surface area contributed by atoms with Crippen LogP contribution in [0.25, 0.3) is 0 Å². The number of methoxy groups -OCH3 is 2. The molecule has 1 aromatic heterocycles. The van der Waals surface area contributed by atoms with Crippen LogP contribution in [0.1, 0.15) is 11.3 Å². The van der Waals surface area contributed by atoms with Gasteiger partial charge in [0.05, 0.1) is 26.5 Å². The summed E-state index contributed by atoms with van der Waals surface area (Å²) >= 11 is 0. The summed E-state index contributed by atoms with van der Waals surface area (Å²) in [5.41, 5.74) is 2.14. The molecular weight excluding hydrogens is 431 g/mol. The first kappa shape index (κ1) is 21.0. The van der Waals surface area contributed by atoms with Crippen molar-refractivity contribution in [3.05, 3.63) is 53.9 Å². The number of aromatic nitrogens is 1. The van der Waals surface area contributed by atoms with E-state index in [2.05, 4.69) is 20.6 Å². The van der Waals surface area contributed by atoms with Crippen molar-refractivity contribution in [1.82, 2.24) is 15.6 Å². The molecule has 2 N–H and O–H groups in total. The lowest BCUT2D eigenvalue weighted by molar-refractivity contribution is 0.354. The number of ether oxygens (including phenoxy) is 2. The highest BCUT2D eigenvalue weighted by Gasteiger charge is 2.05. The largest absolute Gasteiger partial charge is 0.493 e. The van der Waals surface area contributed by atoms with Crippen molar-refractivity contribution in [1.29, 1.82) is 0 Å². The second kappa shape index (κ2) is 11.5. The number of pyridine rings is 1. The fourth-order valence-electron chi connectivity index (χ4n) is 2.26. The minimum absolute atomic E-state index is 0. The highest BCUT2D eigenvalue weighted by atomic mass is 127. The number of nitrogens with zero attached hydrogens (tertiary/aromatic N) is 2. The second-order valence-electron chi connectivity index (χ2n) is 5.11. The molecule has 0 spiro atoms. The van der Waals surface area contributed by atoms with Crippen molar-refractivity contribution in [3.8, 4) is 11.5 Å². The highest BCUT2D eigenvalue weighted by molar-refractivity contribution is 14.0. The number of rotatable bonds is 7. The van der Waals surface area contributed by atoms with Gasteiger partial charge in [-0.2, -0.15) is 0 Å². The Morgan fingerprint density at radius 2 is 1.88 bits per heavy atom. The van der Waals surface area contributed by atoms with Crippen LogP contribution in [0.5, 0.6) is 11.5 Å². The fourth-order valence-corrected chi connectivity index (χ4v) is 2.26. The van der Waals surface area contributed by atoms with Crippen LogP contribution in [0.3, 0.4) is 0 Å². The molecule has 2 aromatic rings. The number of hydrogen-bond acceptors (Lipinski definition) is 4. The number of hydrogen-bond donors (Lipinski definition) is 2. The van der Waals surface area contributed by atoms with Crippen molar-refractivity contribution in [2.45, 2.75) is 13.0 Å². The van der Waals surface area contributed by atoms with E-state index in [1.54, 1.807) is 27.5 Å². The number of halogens is 1. The van der Waals surface area contributed by atoms with Gasteiger partial charge in [0.1, 0.15) is 0 Å². The third kappa shape index (κ3) is 6.77. The molecule has 1 aromatic carbocycles. The van der Waals surface area contributed by atoms with E-state index in [1.165, 1.54) is 5.56 Å². The molecule has 0 fully saturated rings. The zero-order valence-corrected chi connectivity index (χ0v) is 17.1. The Bertz CT molecular complexity index is 665. The zero-order chi connectivity index (χ0) is 17.2. The number of guanidine groups is 1. The van der Waals surface area contributed by atoms with E-state index >= 15 is 0 Å². The highest BCUT2D eigenvalue weighted by Crippen LogP contribution is 2.27. The Morgan fingerprint density at radius 3 is 2.52 bits per heavy atom. The summed E-state index contributed by atoms with van der Waals surface area (Å²) in [6.07, 6.45) is 2.63. The maximum absolute atomic E-state index is 5.32. The minimum atomic E-state index is 0. The standard InChI is InChI=1S/C18H24N4O2.HI/c1-19-18(22-13-15-6-4-5-10-20-15)21-11-9-14-7-8-16(23-2)17(12-14)24-3;/h4-8,10,12H,9,11,13H2,1-3H3,(H2,19,21,22);1H. The van der Waals surface area contributed by atoms with Crippen LogP contribution in [-0.4, -0.2) is 38.8 Å². The zero-order valence-electron chi connectivity index (χ0n) is 14.8. The molecule has 0 aliphatic rings. The second-order valence-corrected chi connectivity index (χ2v) is 5.11. The average molecular weight is 456 g/mol. The van der Waals surface area contributed by atoms with Crippen LogP contribution >= 0.6 is 24.0 Å². The lowest BCUT2D eigenvalue weighted by Gasteiger charge is -2.13. The molecular formula is C18H25IN4O2. The summed E-state index contributed by atoms with van der Waals surface area (Å²) in [6, 6.07) is 11.8. The van der Waals surface area contributed by atoms with Crippen LogP contribution in [0.2, 0.25) is 0 Å². The van der Waals surface area contributed by atoms with Crippen LogP contribution in [0.4, 0.5) is 0 Å². The third-order valence-corrected chi connectivity index (χ3v) is 3.54.